The molecule has 0 N–H and O–H groups in total. The third-order valence-corrected chi connectivity index (χ3v) is 3.69. The van der Waals surface area contributed by atoms with Crippen molar-refractivity contribution in [2.45, 2.75) is 33.1 Å². The topological polar surface area (TPSA) is 52.6 Å². The van der Waals surface area contributed by atoms with Gasteiger partial charge in [-0.1, -0.05) is 0 Å². The number of carbonyl (C=O) groups excluding carboxylic acids is 2. The summed E-state index contributed by atoms with van der Waals surface area (Å²) in [7, 11) is 0. The molecule has 100 valence electrons. The fourth-order valence-electron chi connectivity index (χ4n) is 3.01. The fraction of sp³-hybridized carbons (Fsp3) is 0.467. The minimum Gasteiger partial charge on any atom is -0.493 e. The summed E-state index contributed by atoms with van der Waals surface area (Å²) in [4.78, 5) is 23.4. The van der Waals surface area contributed by atoms with Gasteiger partial charge >= 0.3 is 0 Å². The van der Waals surface area contributed by atoms with Crippen molar-refractivity contribution in [3.05, 3.63) is 22.3 Å². The SMILES string of the molecule is CC(=O)Cc1c2c(c(C(C)=O)c3c1OCC3)OCC2. The van der Waals surface area contributed by atoms with E-state index in [4.69, 9.17) is 9.47 Å². The van der Waals surface area contributed by atoms with Gasteiger partial charge in [-0.15, -0.1) is 0 Å². The Kier molecular flexibility index (Phi) is 2.81. The summed E-state index contributed by atoms with van der Waals surface area (Å²) in [6, 6.07) is 0. The molecular formula is C15H16O4. The first kappa shape index (κ1) is 12.2. The van der Waals surface area contributed by atoms with Gasteiger partial charge in [-0.25, -0.2) is 0 Å². The highest BCUT2D eigenvalue weighted by molar-refractivity contribution is 6.00. The van der Waals surface area contributed by atoms with Crippen LogP contribution in [0.4, 0.5) is 0 Å². The summed E-state index contributed by atoms with van der Waals surface area (Å²) in [5, 5.41) is 0. The molecule has 0 aliphatic carbocycles. The van der Waals surface area contributed by atoms with E-state index in [0.717, 1.165) is 28.9 Å². The number of hydrogen-bond donors (Lipinski definition) is 0. The summed E-state index contributed by atoms with van der Waals surface area (Å²) in [6.45, 7) is 4.27. The van der Waals surface area contributed by atoms with Crippen LogP contribution in [0, 0.1) is 0 Å². The number of carbonyl (C=O) groups is 2. The second-order valence-corrected chi connectivity index (χ2v) is 5.10. The van der Waals surface area contributed by atoms with Crippen molar-refractivity contribution in [3.63, 3.8) is 0 Å². The molecule has 1 aromatic rings. The highest BCUT2D eigenvalue weighted by Crippen LogP contribution is 2.44. The van der Waals surface area contributed by atoms with E-state index in [2.05, 4.69) is 0 Å². The molecule has 0 atom stereocenters. The van der Waals surface area contributed by atoms with Gasteiger partial charge in [0, 0.05) is 36.0 Å². The first-order chi connectivity index (χ1) is 9.09. The van der Waals surface area contributed by atoms with E-state index in [9.17, 15) is 9.59 Å². The molecule has 4 heteroatoms. The Bertz CT molecular complexity index is 551. The molecule has 0 amide bonds. The van der Waals surface area contributed by atoms with Gasteiger partial charge in [-0.05, 0) is 13.8 Å². The lowest BCUT2D eigenvalue weighted by molar-refractivity contribution is -0.116. The van der Waals surface area contributed by atoms with Crippen LogP contribution in [0.1, 0.15) is 40.9 Å². The zero-order chi connectivity index (χ0) is 13.6. The standard InChI is InChI=1S/C15H16O4/c1-8(16)7-12-10-3-5-19-15(10)13(9(2)17)11-4-6-18-14(11)12/h3-7H2,1-2H3. The molecule has 3 rings (SSSR count). The number of ketones is 2. The lowest BCUT2D eigenvalue weighted by Crippen LogP contribution is -2.07. The highest BCUT2D eigenvalue weighted by atomic mass is 16.5. The van der Waals surface area contributed by atoms with Gasteiger partial charge in [0.05, 0.1) is 18.8 Å². The largest absolute Gasteiger partial charge is 0.493 e. The van der Waals surface area contributed by atoms with Gasteiger partial charge in [0.2, 0.25) is 0 Å². The van der Waals surface area contributed by atoms with E-state index in [1.165, 1.54) is 0 Å². The molecule has 2 aliphatic heterocycles. The second kappa shape index (κ2) is 4.37. The minimum absolute atomic E-state index is 0.00859. The van der Waals surface area contributed by atoms with E-state index in [1.807, 2.05) is 0 Å². The van der Waals surface area contributed by atoms with E-state index >= 15 is 0 Å². The lowest BCUT2D eigenvalue weighted by atomic mass is 9.90. The molecule has 0 radical (unpaired) electrons. The van der Waals surface area contributed by atoms with Crippen molar-refractivity contribution >= 4 is 11.6 Å². The van der Waals surface area contributed by atoms with Crippen molar-refractivity contribution < 1.29 is 19.1 Å². The van der Waals surface area contributed by atoms with Crippen LogP contribution in [0.5, 0.6) is 11.5 Å². The van der Waals surface area contributed by atoms with Gasteiger partial charge in [-0.3, -0.25) is 9.59 Å². The first-order valence-corrected chi connectivity index (χ1v) is 6.56. The average Bonchev–Trinajstić information content (AvgIpc) is 2.95. The number of Topliss-reactive ketones (excluding diaryl/α,β-unsaturated/α-hetero) is 2. The molecule has 0 aromatic heterocycles. The van der Waals surface area contributed by atoms with Crippen LogP contribution in [-0.2, 0) is 24.1 Å². The van der Waals surface area contributed by atoms with Crippen LogP contribution in [0.15, 0.2) is 0 Å². The molecule has 4 nitrogen and oxygen atoms in total. The Morgan fingerprint density at radius 1 is 1.00 bits per heavy atom. The Hall–Kier alpha value is -1.84. The summed E-state index contributed by atoms with van der Waals surface area (Å²) in [6.07, 6.45) is 1.81. The van der Waals surface area contributed by atoms with Crippen LogP contribution in [-0.4, -0.2) is 24.8 Å². The summed E-state index contributed by atoms with van der Waals surface area (Å²) in [5.74, 6) is 1.55. The molecule has 2 heterocycles. The summed E-state index contributed by atoms with van der Waals surface area (Å²) >= 11 is 0. The van der Waals surface area contributed by atoms with Gasteiger partial charge in [-0.2, -0.15) is 0 Å². The number of rotatable bonds is 3. The maximum Gasteiger partial charge on any atom is 0.163 e. The summed E-state index contributed by atoms with van der Waals surface area (Å²) in [5.41, 5.74) is 3.50. The highest BCUT2D eigenvalue weighted by Gasteiger charge is 2.33. The average molecular weight is 260 g/mol. The zero-order valence-electron chi connectivity index (χ0n) is 11.2. The van der Waals surface area contributed by atoms with Crippen molar-refractivity contribution in [2.24, 2.45) is 0 Å². The van der Waals surface area contributed by atoms with Gasteiger partial charge in [0.25, 0.3) is 0 Å². The normalized spacial score (nSPS) is 15.5. The second-order valence-electron chi connectivity index (χ2n) is 5.10. The van der Waals surface area contributed by atoms with Crippen molar-refractivity contribution in [1.29, 1.82) is 0 Å². The number of hydrogen-bond acceptors (Lipinski definition) is 4. The molecular weight excluding hydrogens is 244 g/mol. The Morgan fingerprint density at radius 2 is 1.63 bits per heavy atom. The molecule has 0 unspecified atom stereocenters. The Balaban J connectivity index is 2.28. The van der Waals surface area contributed by atoms with Crippen LogP contribution in [0.2, 0.25) is 0 Å². The van der Waals surface area contributed by atoms with Crippen LogP contribution in [0.3, 0.4) is 0 Å². The molecule has 0 saturated heterocycles. The molecule has 0 saturated carbocycles. The lowest BCUT2D eigenvalue weighted by Gasteiger charge is -2.15. The molecule has 2 aliphatic rings. The first-order valence-electron chi connectivity index (χ1n) is 6.56. The number of fused-ring (bicyclic) bond motifs is 2. The van der Waals surface area contributed by atoms with Crippen molar-refractivity contribution in [3.8, 4) is 11.5 Å². The van der Waals surface area contributed by atoms with E-state index in [0.29, 0.717) is 37.4 Å². The van der Waals surface area contributed by atoms with Gasteiger partial charge in [0.15, 0.2) is 5.78 Å². The Labute approximate surface area is 111 Å². The predicted octanol–water partition coefficient (Wildman–Crippen LogP) is 1.89. The van der Waals surface area contributed by atoms with Crippen LogP contribution >= 0.6 is 0 Å². The molecule has 0 spiro atoms. The third-order valence-electron chi connectivity index (χ3n) is 3.69. The monoisotopic (exact) mass is 260 g/mol. The third kappa shape index (κ3) is 1.82. The van der Waals surface area contributed by atoms with Crippen molar-refractivity contribution in [1.82, 2.24) is 0 Å². The molecule has 0 fully saturated rings. The van der Waals surface area contributed by atoms with Crippen LogP contribution in [0.25, 0.3) is 0 Å². The van der Waals surface area contributed by atoms with Crippen LogP contribution < -0.4 is 9.47 Å². The quantitative estimate of drug-likeness (QED) is 0.779. The smallest absolute Gasteiger partial charge is 0.163 e. The zero-order valence-corrected chi connectivity index (χ0v) is 11.2. The van der Waals surface area contributed by atoms with Gasteiger partial charge in [0.1, 0.15) is 17.3 Å². The van der Waals surface area contributed by atoms with Gasteiger partial charge < -0.3 is 9.47 Å². The molecule has 0 bridgehead atoms. The summed E-state index contributed by atoms with van der Waals surface area (Å²) < 4.78 is 11.3. The van der Waals surface area contributed by atoms with E-state index in [-0.39, 0.29) is 11.6 Å². The molecule has 19 heavy (non-hydrogen) atoms. The predicted molar refractivity (Wildman–Crippen MR) is 69.2 cm³/mol. The number of benzene rings is 1. The van der Waals surface area contributed by atoms with Crippen molar-refractivity contribution in [2.75, 3.05) is 13.2 Å². The van der Waals surface area contributed by atoms with E-state index < -0.39 is 0 Å². The fourth-order valence-corrected chi connectivity index (χ4v) is 3.01. The maximum atomic E-state index is 11.9. The minimum atomic E-state index is 0.00859. The number of ether oxygens (including phenoxy) is 2. The maximum absolute atomic E-state index is 11.9. The van der Waals surface area contributed by atoms with E-state index in [1.54, 1.807) is 13.8 Å². The molecule has 1 aromatic carbocycles. The Morgan fingerprint density at radius 3 is 2.26 bits per heavy atom.